The van der Waals surface area contributed by atoms with Crippen molar-refractivity contribution >= 4 is 11.6 Å². The zero-order valence-electron chi connectivity index (χ0n) is 11.4. The van der Waals surface area contributed by atoms with Crippen LogP contribution in [0.3, 0.4) is 0 Å². The smallest absolute Gasteiger partial charge is 0.0497 e. The summed E-state index contributed by atoms with van der Waals surface area (Å²) in [4.78, 5) is 2.51. The first-order chi connectivity index (χ1) is 8.49. The van der Waals surface area contributed by atoms with Crippen molar-refractivity contribution in [1.82, 2.24) is 4.90 Å². The van der Waals surface area contributed by atoms with E-state index in [-0.39, 0.29) is 12.1 Å². The zero-order chi connectivity index (χ0) is 13.3. The Morgan fingerprint density at radius 1 is 1.28 bits per heavy atom. The van der Waals surface area contributed by atoms with Crippen molar-refractivity contribution in [1.29, 1.82) is 0 Å². The molecule has 0 aliphatic carbocycles. The second kappa shape index (κ2) is 5.60. The number of benzene rings is 1. The highest BCUT2D eigenvalue weighted by atomic mass is 35.5. The Morgan fingerprint density at radius 2 is 1.89 bits per heavy atom. The predicted molar refractivity (Wildman–Crippen MR) is 77.7 cm³/mol. The summed E-state index contributed by atoms with van der Waals surface area (Å²) < 4.78 is 0. The molecule has 2 nitrogen and oxygen atoms in total. The summed E-state index contributed by atoms with van der Waals surface area (Å²) in [5.41, 5.74) is 7.44. The topological polar surface area (TPSA) is 29.3 Å². The van der Waals surface area contributed by atoms with Gasteiger partial charge in [-0.25, -0.2) is 0 Å². The average Bonchev–Trinajstić information content (AvgIpc) is 2.58. The van der Waals surface area contributed by atoms with Crippen LogP contribution in [0.1, 0.15) is 32.4 Å². The zero-order valence-corrected chi connectivity index (χ0v) is 12.2. The van der Waals surface area contributed by atoms with Crippen LogP contribution in [0.25, 0.3) is 0 Å². The molecule has 0 radical (unpaired) electrons. The molecule has 1 aromatic carbocycles. The normalized spacial score (nSPS) is 28.3. The van der Waals surface area contributed by atoms with Crippen LogP contribution in [0.15, 0.2) is 24.3 Å². The summed E-state index contributed by atoms with van der Waals surface area (Å²) >= 11 is 6.10. The highest BCUT2D eigenvalue weighted by Gasteiger charge is 2.33. The lowest BCUT2D eigenvalue weighted by Gasteiger charge is -2.31. The van der Waals surface area contributed by atoms with Gasteiger partial charge in [-0.05, 0) is 36.5 Å². The van der Waals surface area contributed by atoms with Crippen molar-refractivity contribution in [3.63, 3.8) is 0 Å². The maximum Gasteiger partial charge on any atom is 0.0497 e. The van der Waals surface area contributed by atoms with Gasteiger partial charge in [0.05, 0.1) is 0 Å². The number of likely N-dealkylation sites (tertiary alicyclic amines) is 1. The van der Waals surface area contributed by atoms with Crippen LogP contribution in [-0.4, -0.2) is 24.0 Å². The third kappa shape index (κ3) is 2.87. The maximum atomic E-state index is 6.20. The van der Waals surface area contributed by atoms with Crippen molar-refractivity contribution in [3.8, 4) is 0 Å². The summed E-state index contributed by atoms with van der Waals surface area (Å²) in [6.45, 7) is 8.97. The molecule has 0 saturated carbocycles. The Bertz CT molecular complexity index is 395. The molecule has 1 aromatic rings. The lowest BCUT2D eigenvalue weighted by Crippen LogP contribution is -2.38. The lowest BCUT2D eigenvalue weighted by atomic mass is 9.99. The van der Waals surface area contributed by atoms with Crippen molar-refractivity contribution in [2.24, 2.45) is 17.6 Å². The summed E-state index contributed by atoms with van der Waals surface area (Å²) in [6.07, 6.45) is 0. The number of nitrogens with two attached hydrogens (primary N) is 1. The second-order valence-electron chi connectivity index (χ2n) is 5.77. The third-order valence-electron chi connectivity index (χ3n) is 4.10. The fourth-order valence-corrected chi connectivity index (χ4v) is 3.14. The molecule has 1 fully saturated rings. The first kappa shape index (κ1) is 13.9. The van der Waals surface area contributed by atoms with Crippen LogP contribution in [0, 0.1) is 11.8 Å². The van der Waals surface area contributed by atoms with Crippen LogP contribution >= 0.6 is 11.6 Å². The van der Waals surface area contributed by atoms with E-state index < -0.39 is 0 Å². The van der Waals surface area contributed by atoms with Gasteiger partial charge in [0.1, 0.15) is 0 Å². The van der Waals surface area contributed by atoms with E-state index in [9.17, 15) is 0 Å². The summed E-state index contributed by atoms with van der Waals surface area (Å²) in [5.74, 6) is 1.48. The third-order valence-corrected chi connectivity index (χ3v) is 4.33. The molecule has 100 valence electrons. The molecule has 0 amide bonds. The van der Waals surface area contributed by atoms with Crippen LogP contribution in [0.5, 0.6) is 0 Å². The fourth-order valence-electron chi connectivity index (χ4n) is 2.94. The number of halogens is 1. The van der Waals surface area contributed by atoms with E-state index in [1.807, 2.05) is 18.2 Å². The molecular weight excluding hydrogens is 244 g/mol. The van der Waals surface area contributed by atoms with Gasteiger partial charge in [0.15, 0.2) is 0 Å². The maximum absolute atomic E-state index is 6.20. The Morgan fingerprint density at radius 3 is 2.39 bits per heavy atom. The molecular formula is C15H23ClN2. The fraction of sp³-hybridized carbons (Fsp3) is 0.600. The molecule has 1 heterocycles. The minimum Gasteiger partial charge on any atom is -0.326 e. The highest BCUT2D eigenvalue weighted by molar-refractivity contribution is 6.30. The largest absolute Gasteiger partial charge is 0.326 e. The molecule has 4 atom stereocenters. The molecule has 1 saturated heterocycles. The van der Waals surface area contributed by atoms with Gasteiger partial charge in [-0.3, -0.25) is 4.90 Å². The molecule has 4 unspecified atom stereocenters. The van der Waals surface area contributed by atoms with Gasteiger partial charge in [0.25, 0.3) is 0 Å². The molecule has 2 N–H and O–H groups in total. The first-order valence-electron chi connectivity index (χ1n) is 6.74. The van der Waals surface area contributed by atoms with Gasteiger partial charge in [-0.2, -0.15) is 0 Å². The SMILES string of the molecule is CC(N)C(c1cccc(Cl)c1)N1CC(C)C(C)C1. The van der Waals surface area contributed by atoms with E-state index in [4.69, 9.17) is 17.3 Å². The van der Waals surface area contributed by atoms with E-state index in [1.165, 1.54) is 5.56 Å². The summed E-state index contributed by atoms with van der Waals surface area (Å²) in [6, 6.07) is 8.49. The van der Waals surface area contributed by atoms with Gasteiger partial charge >= 0.3 is 0 Å². The standard InChI is InChI=1S/C15H23ClN2/c1-10-8-18(9-11(10)2)15(12(3)17)13-5-4-6-14(16)7-13/h4-7,10-12,15H,8-9,17H2,1-3H3. The molecule has 0 spiro atoms. The monoisotopic (exact) mass is 266 g/mol. The molecule has 2 rings (SSSR count). The van der Waals surface area contributed by atoms with Crippen molar-refractivity contribution in [2.75, 3.05) is 13.1 Å². The Kier molecular flexibility index (Phi) is 4.31. The Balaban J connectivity index is 2.24. The van der Waals surface area contributed by atoms with Crippen LogP contribution in [-0.2, 0) is 0 Å². The summed E-state index contributed by atoms with van der Waals surface area (Å²) in [7, 11) is 0. The van der Waals surface area contributed by atoms with Crippen LogP contribution < -0.4 is 5.73 Å². The summed E-state index contributed by atoms with van der Waals surface area (Å²) in [5, 5.41) is 0.790. The van der Waals surface area contributed by atoms with Crippen molar-refractivity contribution < 1.29 is 0 Å². The van der Waals surface area contributed by atoms with Crippen molar-refractivity contribution in [2.45, 2.75) is 32.9 Å². The Labute approximate surface area is 115 Å². The molecule has 0 bridgehead atoms. The molecule has 3 heteroatoms. The van der Waals surface area contributed by atoms with Gasteiger partial charge in [0, 0.05) is 30.2 Å². The lowest BCUT2D eigenvalue weighted by molar-refractivity contribution is 0.209. The Hall–Kier alpha value is -0.570. The quantitative estimate of drug-likeness (QED) is 0.909. The minimum atomic E-state index is 0.112. The van der Waals surface area contributed by atoms with E-state index >= 15 is 0 Å². The number of hydrogen-bond acceptors (Lipinski definition) is 2. The number of nitrogens with zero attached hydrogens (tertiary/aromatic N) is 1. The predicted octanol–water partition coefficient (Wildman–Crippen LogP) is 3.32. The van der Waals surface area contributed by atoms with Gasteiger partial charge < -0.3 is 5.73 Å². The average molecular weight is 267 g/mol. The van der Waals surface area contributed by atoms with Crippen molar-refractivity contribution in [3.05, 3.63) is 34.9 Å². The number of rotatable bonds is 3. The molecule has 0 aromatic heterocycles. The molecule has 18 heavy (non-hydrogen) atoms. The van der Waals surface area contributed by atoms with E-state index in [0.29, 0.717) is 0 Å². The highest BCUT2D eigenvalue weighted by Crippen LogP contribution is 2.33. The molecule has 1 aliphatic rings. The van der Waals surface area contributed by atoms with Crippen LogP contribution in [0.4, 0.5) is 0 Å². The number of hydrogen-bond donors (Lipinski definition) is 1. The van der Waals surface area contributed by atoms with Gasteiger partial charge in [-0.1, -0.05) is 37.6 Å². The first-order valence-corrected chi connectivity index (χ1v) is 7.12. The second-order valence-corrected chi connectivity index (χ2v) is 6.20. The molecule has 1 aliphatic heterocycles. The van der Waals surface area contributed by atoms with E-state index in [0.717, 1.165) is 29.9 Å². The van der Waals surface area contributed by atoms with Gasteiger partial charge in [0.2, 0.25) is 0 Å². The van der Waals surface area contributed by atoms with E-state index in [1.54, 1.807) is 0 Å². The minimum absolute atomic E-state index is 0.112. The van der Waals surface area contributed by atoms with E-state index in [2.05, 4.69) is 31.7 Å². The van der Waals surface area contributed by atoms with Gasteiger partial charge in [-0.15, -0.1) is 0 Å². The van der Waals surface area contributed by atoms with Crippen LogP contribution in [0.2, 0.25) is 5.02 Å².